The number of thiophene rings is 1. The molecule has 72 valence electrons. The first-order valence-electron chi connectivity index (χ1n) is 5.17. The smallest absolute Gasteiger partial charge is 0.0418 e. The van der Waals surface area contributed by atoms with Gasteiger partial charge in [0.15, 0.2) is 0 Å². The molecule has 1 aromatic heterocycles. The Morgan fingerprint density at radius 1 is 1.31 bits per heavy atom. The predicted molar refractivity (Wildman–Crippen MR) is 57.8 cm³/mol. The zero-order valence-electron chi connectivity index (χ0n) is 7.91. The van der Waals surface area contributed by atoms with Crippen molar-refractivity contribution in [3.8, 4) is 0 Å². The molecule has 1 heterocycles. The van der Waals surface area contributed by atoms with Crippen LogP contribution in [-0.4, -0.2) is 0 Å². The Balaban J connectivity index is 1.99. The zero-order valence-corrected chi connectivity index (χ0v) is 8.72. The Bertz CT molecular complexity index is 237. The molecule has 0 aromatic carbocycles. The van der Waals surface area contributed by atoms with Crippen molar-refractivity contribution in [3.63, 3.8) is 0 Å². The molecular weight excluding hydrogens is 178 g/mol. The van der Waals surface area contributed by atoms with Crippen LogP contribution in [0.4, 0.5) is 0 Å². The number of rotatable bonds is 2. The summed E-state index contributed by atoms with van der Waals surface area (Å²) < 4.78 is 0. The standard InChI is InChI=1S/C11H17NS/c12-11(10-7-4-8-13-10)9-5-2-1-3-6-9/h4,7-9,11H,1-3,5-6,12H2/t11-/m1/s1. The van der Waals surface area contributed by atoms with Gasteiger partial charge in [-0.15, -0.1) is 11.3 Å². The van der Waals surface area contributed by atoms with Gasteiger partial charge in [-0.3, -0.25) is 0 Å². The van der Waals surface area contributed by atoms with Crippen molar-refractivity contribution in [3.05, 3.63) is 22.4 Å². The van der Waals surface area contributed by atoms with E-state index in [-0.39, 0.29) is 0 Å². The van der Waals surface area contributed by atoms with Crippen molar-refractivity contribution in [2.45, 2.75) is 38.1 Å². The molecular formula is C11H17NS. The van der Waals surface area contributed by atoms with Crippen LogP contribution in [0.25, 0.3) is 0 Å². The molecule has 0 spiro atoms. The van der Waals surface area contributed by atoms with E-state index in [0.717, 1.165) is 5.92 Å². The molecule has 0 radical (unpaired) electrons. The minimum atomic E-state index is 0.306. The minimum absolute atomic E-state index is 0.306. The molecule has 0 aliphatic heterocycles. The summed E-state index contributed by atoms with van der Waals surface area (Å²) in [4.78, 5) is 1.37. The van der Waals surface area contributed by atoms with Gasteiger partial charge in [-0.25, -0.2) is 0 Å². The predicted octanol–water partition coefficient (Wildman–Crippen LogP) is 3.33. The van der Waals surface area contributed by atoms with Gasteiger partial charge in [0.2, 0.25) is 0 Å². The molecule has 1 saturated carbocycles. The Morgan fingerprint density at radius 2 is 2.08 bits per heavy atom. The van der Waals surface area contributed by atoms with Crippen molar-refractivity contribution in [1.29, 1.82) is 0 Å². The van der Waals surface area contributed by atoms with Crippen LogP contribution in [0.1, 0.15) is 43.0 Å². The van der Waals surface area contributed by atoms with E-state index < -0.39 is 0 Å². The summed E-state index contributed by atoms with van der Waals surface area (Å²) in [5, 5.41) is 2.12. The molecule has 1 aliphatic carbocycles. The first-order valence-corrected chi connectivity index (χ1v) is 6.05. The van der Waals surface area contributed by atoms with Crippen LogP contribution in [-0.2, 0) is 0 Å². The van der Waals surface area contributed by atoms with E-state index in [0.29, 0.717) is 6.04 Å². The van der Waals surface area contributed by atoms with Gasteiger partial charge in [-0.1, -0.05) is 25.3 Å². The van der Waals surface area contributed by atoms with Gasteiger partial charge < -0.3 is 5.73 Å². The Hall–Kier alpha value is -0.340. The van der Waals surface area contributed by atoms with Crippen LogP contribution in [0.3, 0.4) is 0 Å². The lowest BCUT2D eigenvalue weighted by Crippen LogP contribution is -2.22. The van der Waals surface area contributed by atoms with Gasteiger partial charge in [0, 0.05) is 10.9 Å². The number of hydrogen-bond donors (Lipinski definition) is 1. The topological polar surface area (TPSA) is 26.0 Å². The third-order valence-corrected chi connectivity index (χ3v) is 4.00. The van der Waals surface area contributed by atoms with Crippen molar-refractivity contribution in [1.82, 2.24) is 0 Å². The summed E-state index contributed by atoms with van der Waals surface area (Å²) in [5.41, 5.74) is 6.22. The SMILES string of the molecule is N[C@@H](c1cccs1)C1CCCCC1. The fourth-order valence-electron chi connectivity index (χ4n) is 2.21. The normalized spacial score (nSPS) is 21.6. The van der Waals surface area contributed by atoms with E-state index in [1.807, 2.05) is 0 Å². The summed E-state index contributed by atoms with van der Waals surface area (Å²) in [6.45, 7) is 0. The maximum atomic E-state index is 6.22. The van der Waals surface area contributed by atoms with Crippen LogP contribution in [0, 0.1) is 5.92 Å². The number of nitrogens with two attached hydrogens (primary N) is 1. The highest BCUT2D eigenvalue weighted by molar-refractivity contribution is 7.10. The fraction of sp³-hybridized carbons (Fsp3) is 0.636. The van der Waals surface area contributed by atoms with Gasteiger partial charge in [-0.05, 0) is 30.2 Å². The third-order valence-electron chi connectivity index (χ3n) is 3.03. The third kappa shape index (κ3) is 2.12. The van der Waals surface area contributed by atoms with Crippen LogP contribution in [0.5, 0.6) is 0 Å². The van der Waals surface area contributed by atoms with E-state index >= 15 is 0 Å². The molecule has 13 heavy (non-hydrogen) atoms. The van der Waals surface area contributed by atoms with Crippen molar-refractivity contribution in [2.24, 2.45) is 11.7 Å². The molecule has 2 rings (SSSR count). The van der Waals surface area contributed by atoms with Crippen LogP contribution >= 0.6 is 11.3 Å². The molecule has 1 aromatic rings. The quantitative estimate of drug-likeness (QED) is 0.769. The average molecular weight is 195 g/mol. The second kappa shape index (κ2) is 4.25. The van der Waals surface area contributed by atoms with Crippen molar-refractivity contribution in [2.75, 3.05) is 0 Å². The first kappa shape index (κ1) is 9.22. The van der Waals surface area contributed by atoms with Gasteiger partial charge in [-0.2, -0.15) is 0 Å². The van der Waals surface area contributed by atoms with Crippen LogP contribution in [0.2, 0.25) is 0 Å². The lowest BCUT2D eigenvalue weighted by Gasteiger charge is -2.26. The maximum Gasteiger partial charge on any atom is 0.0418 e. The number of hydrogen-bond acceptors (Lipinski definition) is 2. The summed E-state index contributed by atoms with van der Waals surface area (Å²) in [7, 11) is 0. The van der Waals surface area contributed by atoms with Gasteiger partial charge >= 0.3 is 0 Å². The maximum absolute atomic E-state index is 6.22. The molecule has 1 nitrogen and oxygen atoms in total. The Labute approximate surface area is 84.0 Å². The molecule has 0 amide bonds. The molecule has 1 atom stereocenters. The second-order valence-corrected chi connectivity index (χ2v) is 4.92. The van der Waals surface area contributed by atoms with E-state index in [2.05, 4.69) is 17.5 Å². The highest BCUT2D eigenvalue weighted by Crippen LogP contribution is 2.34. The molecule has 1 aliphatic rings. The first-order chi connectivity index (χ1) is 6.38. The van der Waals surface area contributed by atoms with E-state index in [1.165, 1.54) is 37.0 Å². The molecule has 0 unspecified atom stereocenters. The monoisotopic (exact) mass is 195 g/mol. The largest absolute Gasteiger partial charge is 0.323 e. The Morgan fingerprint density at radius 3 is 2.69 bits per heavy atom. The van der Waals surface area contributed by atoms with Gasteiger partial charge in [0.05, 0.1) is 0 Å². The van der Waals surface area contributed by atoms with E-state index in [9.17, 15) is 0 Å². The molecule has 0 bridgehead atoms. The summed E-state index contributed by atoms with van der Waals surface area (Å²) >= 11 is 1.80. The van der Waals surface area contributed by atoms with Crippen LogP contribution in [0.15, 0.2) is 17.5 Å². The molecule has 1 fully saturated rings. The van der Waals surface area contributed by atoms with Crippen molar-refractivity contribution >= 4 is 11.3 Å². The van der Waals surface area contributed by atoms with Crippen molar-refractivity contribution < 1.29 is 0 Å². The molecule has 2 heteroatoms. The second-order valence-electron chi connectivity index (χ2n) is 3.94. The highest BCUT2D eigenvalue weighted by atomic mass is 32.1. The molecule has 0 saturated heterocycles. The summed E-state index contributed by atoms with van der Waals surface area (Å²) in [5.74, 6) is 0.743. The van der Waals surface area contributed by atoms with E-state index in [4.69, 9.17) is 5.73 Å². The minimum Gasteiger partial charge on any atom is -0.323 e. The summed E-state index contributed by atoms with van der Waals surface area (Å²) in [6.07, 6.45) is 6.83. The lowest BCUT2D eigenvalue weighted by molar-refractivity contribution is 0.311. The Kier molecular flexibility index (Phi) is 3.01. The average Bonchev–Trinajstić information content (AvgIpc) is 2.71. The zero-order chi connectivity index (χ0) is 9.10. The van der Waals surface area contributed by atoms with E-state index in [1.54, 1.807) is 11.3 Å². The van der Waals surface area contributed by atoms with Crippen LogP contribution < -0.4 is 5.73 Å². The fourth-order valence-corrected chi connectivity index (χ4v) is 3.03. The molecule has 2 N–H and O–H groups in total. The highest BCUT2D eigenvalue weighted by Gasteiger charge is 2.21. The lowest BCUT2D eigenvalue weighted by atomic mass is 9.84. The van der Waals surface area contributed by atoms with Gasteiger partial charge in [0.1, 0.15) is 0 Å². The summed E-state index contributed by atoms with van der Waals surface area (Å²) in [6, 6.07) is 4.58. The van der Waals surface area contributed by atoms with Gasteiger partial charge in [0.25, 0.3) is 0 Å².